The molecule has 0 spiro atoms. The molecule has 1 aromatic rings. The fourth-order valence-electron chi connectivity index (χ4n) is 0.726. The van der Waals surface area contributed by atoms with Crippen LogP contribution >= 0.6 is 18.1 Å². The smallest absolute Gasteiger partial charge is 0.496 e. The van der Waals surface area contributed by atoms with Crippen molar-refractivity contribution in [1.29, 1.82) is 0 Å². The fraction of sp³-hybridized carbons (Fsp3) is 0.250. The number of benzene rings is 1. The van der Waals surface area contributed by atoms with Gasteiger partial charge in [0.15, 0.2) is 0 Å². The molecule has 0 atom stereocenters. The summed E-state index contributed by atoms with van der Waals surface area (Å²) in [5, 5.41) is 0. The first-order valence-electron chi connectivity index (χ1n) is 3.39. The van der Waals surface area contributed by atoms with Crippen LogP contribution in [0.25, 0.3) is 0 Å². The molecule has 0 saturated heterocycles. The Bertz CT molecular complexity index is 218. The number of hydrogen-bond donors (Lipinski definition) is 0. The zero-order valence-electron chi connectivity index (χ0n) is 7.10. The second-order valence-corrected chi connectivity index (χ2v) is 4.59. The molecule has 1 rings (SSSR count). The highest BCUT2D eigenvalue weighted by molar-refractivity contribution is 7.22. The summed E-state index contributed by atoms with van der Waals surface area (Å²) in [6.45, 7) is 1.97. The first-order chi connectivity index (χ1) is 5.76. The molecule has 1 radical (unpaired) electrons. The van der Waals surface area contributed by atoms with Gasteiger partial charge in [0.05, 0.1) is 7.11 Å². The molecule has 0 saturated carbocycles. The van der Waals surface area contributed by atoms with Crippen LogP contribution in [0, 0.1) is 13.0 Å². The van der Waals surface area contributed by atoms with Crippen LogP contribution in [0.3, 0.4) is 0 Å². The molecule has 0 fully saturated rings. The van der Waals surface area contributed by atoms with Gasteiger partial charge in [0.1, 0.15) is 5.75 Å². The van der Waals surface area contributed by atoms with Gasteiger partial charge in [-0.1, -0.05) is 12.1 Å². The van der Waals surface area contributed by atoms with Gasteiger partial charge >= 0.3 is 18.2 Å². The molecule has 12 heavy (non-hydrogen) atoms. The molecule has 0 heterocycles. The predicted octanol–water partition coefficient (Wildman–Crippen LogP) is 2.80. The normalized spacial score (nSPS) is 7.67. The van der Waals surface area contributed by atoms with Crippen LogP contribution in [0.2, 0.25) is 0 Å². The van der Waals surface area contributed by atoms with E-state index in [9.17, 15) is 0 Å². The fourth-order valence-corrected chi connectivity index (χ4v) is 0.726. The van der Waals surface area contributed by atoms with Gasteiger partial charge in [-0.2, -0.15) is 0 Å². The first kappa shape index (κ1) is 12.4. The molecule has 0 aliphatic rings. The lowest BCUT2D eigenvalue weighted by molar-refractivity contribution is 0.411. The Labute approximate surface area is 90.3 Å². The van der Waals surface area contributed by atoms with Crippen molar-refractivity contribution in [3.05, 3.63) is 29.8 Å². The maximum Gasteiger partial charge on any atom is 0.618 e. The number of methoxy groups -OCH3 is 1. The van der Waals surface area contributed by atoms with Gasteiger partial charge in [-0.3, -0.25) is 0 Å². The molecule has 4 heteroatoms. The number of hydrogen-bond acceptors (Lipinski definition) is 1. The van der Waals surface area contributed by atoms with E-state index in [0.29, 0.717) is 0 Å². The van der Waals surface area contributed by atoms with E-state index >= 15 is 0 Å². The third-order valence-electron chi connectivity index (χ3n) is 1.23. The summed E-state index contributed by atoms with van der Waals surface area (Å²) in [6.07, 6.45) is 0. The molecule has 0 aliphatic carbocycles. The number of ether oxygens (including phenoxy) is 1. The van der Waals surface area contributed by atoms with Crippen molar-refractivity contribution in [2.24, 2.45) is 0 Å². The molecule has 0 aromatic heterocycles. The summed E-state index contributed by atoms with van der Waals surface area (Å²) in [5.41, 5.74) is 1.06. The van der Waals surface area contributed by atoms with Gasteiger partial charge in [0.2, 0.25) is 0 Å². The maximum atomic E-state index is 5.01. The second kappa shape index (κ2) is 7.99. The quantitative estimate of drug-likeness (QED) is 0.656. The van der Waals surface area contributed by atoms with Gasteiger partial charge in [0.25, 0.3) is 0 Å². The Morgan fingerprint density at radius 2 is 2.08 bits per heavy atom. The third-order valence-corrected chi connectivity index (χ3v) is 1.23. The average molecular weight is 216 g/mol. The average Bonchev–Trinajstić information content (AvgIpc) is 2.07. The van der Waals surface area contributed by atoms with Crippen molar-refractivity contribution in [3.8, 4) is 5.75 Å². The molecular formula is C8H9Cl2MgO. The molecular weight excluding hydrogens is 207 g/mol. The number of halogens is 2. The van der Waals surface area contributed by atoms with Crippen LogP contribution in [-0.4, -0.2) is 25.3 Å². The molecule has 0 amide bonds. The Morgan fingerprint density at radius 3 is 2.42 bits per heavy atom. The first-order valence-corrected chi connectivity index (χ1v) is 7.67. The molecule has 0 N–H and O–H groups in total. The van der Waals surface area contributed by atoms with Gasteiger partial charge in [-0.15, -0.1) is 0 Å². The molecule has 63 valence electrons. The van der Waals surface area contributed by atoms with E-state index in [2.05, 4.69) is 6.07 Å². The predicted molar refractivity (Wildman–Crippen MR) is 54.0 cm³/mol. The van der Waals surface area contributed by atoms with E-state index in [1.54, 1.807) is 7.11 Å². The number of aryl methyl sites for hydroxylation is 1. The molecule has 0 bridgehead atoms. The van der Waals surface area contributed by atoms with E-state index in [-0.39, 0.29) is 0 Å². The van der Waals surface area contributed by atoms with E-state index < -0.39 is 18.2 Å². The summed E-state index contributed by atoms with van der Waals surface area (Å²) >= 11 is -0.639. The Kier molecular flexibility index (Phi) is 8.23. The third kappa shape index (κ3) is 5.09. The SMILES string of the molecule is COc1ccc[c]c1C.[Cl][Mg][Cl]. The lowest BCUT2D eigenvalue weighted by Gasteiger charge is -2.00. The minimum absolute atomic E-state index is 0.639. The lowest BCUT2D eigenvalue weighted by atomic mass is 10.2. The zero-order valence-corrected chi connectivity index (χ0v) is 10.0. The topological polar surface area (TPSA) is 9.23 Å². The summed E-state index contributed by atoms with van der Waals surface area (Å²) in [7, 11) is 11.5. The minimum Gasteiger partial charge on any atom is -0.496 e. The summed E-state index contributed by atoms with van der Waals surface area (Å²) in [4.78, 5) is 0. The lowest BCUT2D eigenvalue weighted by Crippen LogP contribution is -1.84. The second-order valence-electron chi connectivity index (χ2n) is 1.96. The Morgan fingerprint density at radius 1 is 1.50 bits per heavy atom. The highest BCUT2D eigenvalue weighted by Crippen LogP contribution is 2.13. The highest BCUT2D eigenvalue weighted by Gasteiger charge is 1.91. The van der Waals surface area contributed by atoms with Crippen molar-refractivity contribution in [2.45, 2.75) is 6.92 Å². The van der Waals surface area contributed by atoms with Crippen molar-refractivity contribution in [3.63, 3.8) is 0 Å². The van der Waals surface area contributed by atoms with E-state index in [4.69, 9.17) is 22.9 Å². The summed E-state index contributed by atoms with van der Waals surface area (Å²) in [6, 6.07) is 8.73. The Balaban J connectivity index is 0.000000354. The van der Waals surface area contributed by atoms with Crippen LogP contribution in [0.5, 0.6) is 5.75 Å². The highest BCUT2D eigenvalue weighted by atomic mass is 35.6. The minimum atomic E-state index is -0.639. The van der Waals surface area contributed by atoms with Crippen molar-refractivity contribution in [2.75, 3.05) is 7.11 Å². The van der Waals surface area contributed by atoms with Crippen LogP contribution in [0.1, 0.15) is 5.56 Å². The van der Waals surface area contributed by atoms with Crippen LogP contribution in [0.15, 0.2) is 18.2 Å². The Hall–Kier alpha value is 0.366. The zero-order chi connectivity index (χ0) is 9.40. The van der Waals surface area contributed by atoms with Crippen LogP contribution in [-0.2, 0) is 0 Å². The van der Waals surface area contributed by atoms with Gasteiger partial charge in [-0.25, -0.2) is 0 Å². The van der Waals surface area contributed by atoms with Gasteiger partial charge in [0, 0.05) is 0 Å². The standard InChI is InChI=1S/C8H9O.2ClH.Mg/c1-7-5-3-4-6-8(7)9-2;;;/h3-4,6H,1-2H3;2*1H;/q;;;+2/p-2. The van der Waals surface area contributed by atoms with E-state index in [0.717, 1.165) is 11.3 Å². The number of rotatable bonds is 1. The van der Waals surface area contributed by atoms with Gasteiger partial charge in [-0.05, 0) is 24.6 Å². The van der Waals surface area contributed by atoms with E-state index in [1.165, 1.54) is 0 Å². The summed E-state index contributed by atoms with van der Waals surface area (Å²) in [5.74, 6) is 0.900. The van der Waals surface area contributed by atoms with Crippen molar-refractivity contribution >= 4 is 36.3 Å². The van der Waals surface area contributed by atoms with Gasteiger partial charge < -0.3 is 22.9 Å². The van der Waals surface area contributed by atoms with Crippen LogP contribution < -0.4 is 4.74 Å². The molecule has 0 unspecified atom stereocenters. The molecule has 1 aromatic carbocycles. The monoisotopic (exact) mass is 215 g/mol. The molecule has 0 aliphatic heterocycles. The largest absolute Gasteiger partial charge is 0.618 e. The molecule has 1 nitrogen and oxygen atoms in total. The van der Waals surface area contributed by atoms with Crippen molar-refractivity contribution < 1.29 is 4.74 Å². The van der Waals surface area contributed by atoms with Crippen molar-refractivity contribution in [1.82, 2.24) is 0 Å². The van der Waals surface area contributed by atoms with Crippen LogP contribution in [0.4, 0.5) is 0 Å². The van der Waals surface area contributed by atoms with E-state index in [1.807, 2.05) is 25.1 Å². The maximum absolute atomic E-state index is 5.01. The summed E-state index contributed by atoms with van der Waals surface area (Å²) < 4.78 is 5.01.